The quantitative estimate of drug-likeness (QED) is 0.331. The molecule has 2 aromatic carbocycles. The molecule has 7 nitrogen and oxygen atoms in total. The molecule has 158 valence electrons. The number of nitrogens with zero attached hydrogens (tertiary/aromatic N) is 2. The fraction of sp³-hybridized carbons (Fsp3) is 0.0500. The summed E-state index contributed by atoms with van der Waals surface area (Å²) in [5, 5.41) is 4.93. The predicted octanol–water partition coefficient (Wildman–Crippen LogP) is 6.07. The molecule has 11 heteroatoms. The second-order valence-electron chi connectivity index (χ2n) is 6.32. The lowest BCUT2D eigenvalue weighted by molar-refractivity contribution is -0.137. The van der Waals surface area contributed by atoms with E-state index in [0.717, 1.165) is 12.1 Å². The normalized spacial score (nSPS) is 11.4. The Hall–Kier alpha value is -3.79. The van der Waals surface area contributed by atoms with Gasteiger partial charge in [0.1, 0.15) is 11.3 Å². The number of urea groups is 1. The number of alkyl halides is 3. The zero-order valence-electron chi connectivity index (χ0n) is 15.5. The molecule has 4 rings (SSSR count). The minimum absolute atomic E-state index is 0.0166. The number of amides is 2. The Labute approximate surface area is 178 Å². The van der Waals surface area contributed by atoms with Crippen LogP contribution in [-0.2, 0) is 6.18 Å². The Morgan fingerprint density at radius 2 is 1.74 bits per heavy atom. The fourth-order valence-corrected chi connectivity index (χ4v) is 2.92. The average Bonchev–Trinajstić information content (AvgIpc) is 3.17. The number of fused-ring (bicyclic) bond motifs is 1. The van der Waals surface area contributed by atoms with Crippen LogP contribution in [-0.4, -0.2) is 21.0 Å². The number of carbonyl (C=O) groups excluding carboxylic acids is 1. The van der Waals surface area contributed by atoms with Crippen LogP contribution >= 0.6 is 11.6 Å². The van der Waals surface area contributed by atoms with Gasteiger partial charge in [-0.05, 0) is 60.1 Å². The number of nitrogens with one attached hydrogen (secondary N) is 3. The minimum Gasteiger partial charge on any atom is -0.437 e. The predicted molar refractivity (Wildman–Crippen MR) is 110 cm³/mol. The van der Waals surface area contributed by atoms with Gasteiger partial charge in [-0.25, -0.2) is 9.78 Å². The Morgan fingerprint density at radius 1 is 1.00 bits per heavy atom. The molecule has 4 aromatic rings. The third-order valence-electron chi connectivity index (χ3n) is 4.12. The Morgan fingerprint density at radius 3 is 2.48 bits per heavy atom. The van der Waals surface area contributed by atoms with Gasteiger partial charge in [-0.15, -0.1) is 0 Å². The van der Waals surface area contributed by atoms with Crippen LogP contribution < -0.4 is 15.4 Å². The summed E-state index contributed by atoms with van der Waals surface area (Å²) in [6.07, 6.45) is -2.82. The zero-order chi connectivity index (χ0) is 22.0. The number of H-pyrrole nitrogens is 1. The number of ether oxygens (including phenoxy) is 1. The summed E-state index contributed by atoms with van der Waals surface area (Å²) in [4.78, 5) is 23.2. The lowest BCUT2D eigenvalue weighted by atomic mass is 10.2. The molecule has 0 spiro atoms. The number of hydrogen-bond donors (Lipinski definition) is 3. The minimum atomic E-state index is -4.50. The summed E-state index contributed by atoms with van der Waals surface area (Å²) < 4.78 is 44.1. The van der Waals surface area contributed by atoms with E-state index >= 15 is 0 Å². The summed E-state index contributed by atoms with van der Waals surface area (Å²) in [7, 11) is 0. The number of rotatable bonds is 4. The van der Waals surface area contributed by atoms with E-state index in [9.17, 15) is 18.0 Å². The molecule has 0 aliphatic heterocycles. The number of benzene rings is 2. The van der Waals surface area contributed by atoms with Crippen molar-refractivity contribution in [1.82, 2.24) is 15.0 Å². The lowest BCUT2D eigenvalue weighted by Crippen LogP contribution is -2.19. The molecule has 0 atom stereocenters. The van der Waals surface area contributed by atoms with E-state index in [2.05, 4.69) is 25.6 Å². The van der Waals surface area contributed by atoms with Gasteiger partial charge >= 0.3 is 12.2 Å². The topological polar surface area (TPSA) is 91.9 Å². The first-order valence-corrected chi connectivity index (χ1v) is 9.19. The number of carbonyl (C=O) groups is 1. The highest BCUT2D eigenvalue weighted by molar-refractivity contribution is 6.28. The number of hydrogen-bond acceptors (Lipinski definition) is 4. The van der Waals surface area contributed by atoms with Gasteiger partial charge in [-0.3, -0.25) is 0 Å². The van der Waals surface area contributed by atoms with Crippen LogP contribution in [0.5, 0.6) is 11.6 Å². The van der Waals surface area contributed by atoms with Crippen molar-refractivity contribution in [2.45, 2.75) is 6.18 Å². The number of halogens is 4. The largest absolute Gasteiger partial charge is 0.437 e. The molecule has 0 bridgehead atoms. The summed E-state index contributed by atoms with van der Waals surface area (Å²) in [5.41, 5.74) is 0.741. The van der Waals surface area contributed by atoms with Gasteiger partial charge < -0.3 is 20.4 Å². The van der Waals surface area contributed by atoms with E-state index in [4.69, 9.17) is 16.3 Å². The molecule has 2 aromatic heterocycles. The second-order valence-corrected chi connectivity index (χ2v) is 6.66. The Kier molecular flexibility index (Phi) is 5.38. The first-order chi connectivity index (χ1) is 14.8. The van der Waals surface area contributed by atoms with Crippen molar-refractivity contribution >= 4 is 40.0 Å². The molecule has 0 fully saturated rings. The van der Waals surface area contributed by atoms with Gasteiger partial charge in [0, 0.05) is 17.6 Å². The molecule has 2 amide bonds. The van der Waals surface area contributed by atoms with Crippen LogP contribution in [0.4, 0.5) is 29.3 Å². The average molecular weight is 448 g/mol. The number of anilines is 2. The highest BCUT2D eigenvalue weighted by Crippen LogP contribution is 2.31. The zero-order valence-corrected chi connectivity index (χ0v) is 16.3. The maximum atomic E-state index is 12.8. The first-order valence-electron chi connectivity index (χ1n) is 8.82. The van der Waals surface area contributed by atoms with Crippen LogP contribution in [0.1, 0.15) is 5.56 Å². The van der Waals surface area contributed by atoms with Crippen LogP contribution in [0, 0.1) is 0 Å². The molecule has 0 saturated heterocycles. The molecule has 0 aliphatic carbocycles. The highest BCUT2D eigenvalue weighted by Gasteiger charge is 2.30. The van der Waals surface area contributed by atoms with Gasteiger partial charge in [0.15, 0.2) is 0 Å². The molecule has 0 aliphatic rings. The van der Waals surface area contributed by atoms with E-state index in [-0.39, 0.29) is 16.9 Å². The molecule has 2 heterocycles. The molecular formula is C20H13ClF3N5O2. The van der Waals surface area contributed by atoms with Crippen molar-refractivity contribution in [2.75, 3.05) is 10.6 Å². The number of aromatic nitrogens is 3. The molecule has 0 unspecified atom stereocenters. The summed E-state index contributed by atoms with van der Waals surface area (Å²) in [5.74, 6) is 0.664. The van der Waals surface area contributed by atoms with Gasteiger partial charge in [-0.1, -0.05) is 6.07 Å². The fourth-order valence-electron chi connectivity index (χ4n) is 2.75. The van der Waals surface area contributed by atoms with E-state index in [1.807, 2.05) is 0 Å². The maximum Gasteiger partial charge on any atom is 0.416 e. The molecule has 0 saturated carbocycles. The van der Waals surface area contributed by atoms with Gasteiger partial charge in [-0.2, -0.15) is 18.2 Å². The van der Waals surface area contributed by atoms with Gasteiger partial charge in [0.2, 0.25) is 11.2 Å². The van der Waals surface area contributed by atoms with Gasteiger partial charge in [0.05, 0.1) is 11.1 Å². The van der Waals surface area contributed by atoms with E-state index in [1.165, 1.54) is 12.1 Å². The Bertz CT molecular complexity index is 1240. The first kappa shape index (κ1) is 20.5. The molecule has 3 N–H and O–H groups in total. The third-order valence-corrected chi connectivity index (χ3v) is 4.29. The monoisotopic (exact) mass is 447 g/mol. The summed E-state index contributed by atoms with van der Waals surface area (Å²) >= 11 is 5.90. The van der Waals surface area contributed by atoms with Crippen molar-refractivity contribution in [1.29, 1.82) is 0 Å². The van der Waals surface area contributed by atoms with Crippen molar-refractivity contribution < 1.29 is 22.7 Å². The van der Waals surface area contributed by atoms with E-state index in [1.54, 1.807) is 36.5 Å². The van der Waals surface area contributed by atoms with Crippen LogP contribution in [0.15, 0.2) is 60.8 Å². The second kappa shape index (κ2) is 8.15. The van der Waals surface area contributed by atoms with Crippen LogP contribution in [0.3, 0.4) is 0 Å². The van der Waals surface area contributed by atoms with Crippen molar-refractivity contribution in [3.05, 3.63) is 71.6 Å². The van der Waals surface area contributed by atoms with Crippen molar-refractivity contribution in [3.63, 3.8) is 0 Å². The van der Waals surface area contributed by atoms with Crippen molar-refractivity contribution in [2.24, 2.45) is 0 Å². The standard InChI is InChI=1S/C20H13ClF3N5O2/c21-18-28-15-8-9-25-16(15)17(29-18)31-14-6-4-12(5-7-14)26-19(30)27-13-3-1-2-11(10-13)20(22,23)24/h1-10,25H,(H2,26,27,30). The van der Waals surface area contributed by atoms with Crippen molar-refractivity contribution in [3.8, 4) is 11.6 Å². The summed E-state index contributed by atoms with van der Waals surface area (Å²) in [6.45, 7) is 0. The van der Waals surface area contributed by atoms with E-state index < -0.39 is 17.8 Å². The van der Waals surface area contributed by atoms with Crippen LogP contribution in [0.2, 0.25) is 5.28 Å². The third kappa shape index (κ3) is 4.86. The maximum absolute atomic E-state index is 12.8. The van der Waals surface area contributed by atoms with E-state index in [0.29, 0.717) is 22.5 Å². The van der Waals surface area contributed by atoms with Crippen LogP contribution in [0.25, 0.3) is 11.0 Å². The lowest BCUT2D eigenvalue weighted by Gasteiger charge is -2.11. The summed E-state index contributed by atoms with van der Waals surface area (Å²) in [6, 6.07) is 11.7. The highest BCUT2D eigenvalue weighted by atomic mass is 35.5. The molecular weight excluding hydrogens is 435 g/mol. The van der Waals surface area contributed by atoms with Gasteiger partial charge in [0.25, 0.3) is 0 Å². The smallest absolute Gasteiger partial charge is 0.416 e. The SMILES string of the molecule is O=C(Nc1ccc(Oc2nc(Cl)nc3cc[nH]c23)cc1)Nc1cccc(C(F)(F)F)c1. The Balaban J connectivity index is 1.42. The molecule has 31 heavy (non-hydrogen) atoms. The molecule has 0 radical (unpaired) electrons. The number of aromatic amines is 1.